The zero-order valence-corrected chi connectivity index (χ0v) is 13.7. The molecule has 0 radical (unpaired) electrons. The van der Waals surface area contributed by atoms with Crippen LogP contribution in [0.5, 0.6) is 11.5 Å². The summed E-state index contributed by atoms with van der Waals surface area (Å²) in [5.41, 5.74) is 5.59. The minimum Gasteiger partial charge on any atom is -0.482 e. The molecule has 2 aliphatic rings. The number of nitrogens with zero attached hydrogens (tertiary/aromatic N) is 3. The SMILES string of the molecule is CC1Oc2ccccc2OC1C(=O)N1CC(n2cc(C(N)=O)cn2)C1. The highest BCUT2D eigenvalue weighted by molar-refractivity contribution is 5.92. The number of hydrogen-bond acceptors (Lipinski definition) is 5. The summed E-state index contributed by atoms with van der Waals surface area (Å²) in [6, 6.07) is 7.34. The molecule has 2 atom stereocenters. The van der Waals surface area contributed by atoms with Crippen LogP contribution in [0.3, 0.4) is 0 Å². The standard InChI is InChI=1S/C17H18N4O4/c1-10-15(25-14-5-3-2-4-13(14)24-10)17(23)20-8-12(9-20)21-7-11(6-19-21)16(18)22/h2-7,10,12,15H,8-9H2,1H3,(H2,18,22). The van der Waals surface area contributed by atoms with Crippen molar-refractivity contribution in [3.8, 4) is 11.5 Å². The van der Waals surface area contributed by atoms with Gasteiger partial charge in [-0.15, -0.1) is 0 Å². The van der Waals surface area contributed by atoms with Gasteiger partial charge in [-0.2, -0.15) is 5.10 Å². The van der Waals surface area contributed by atoms with E-state index in [1.54, 1.807) is 21.8 Å². The number of nitrogens with two attached hydrogens (primary N) is 1. The first kappa shape index (κ1) is 15.5. The second-order valence-electron chi connectivity index (χ2n) is 6.28. The fraction of sp³-hybridized carbons (Fsp3) is 0.353. The molecular weight excluding hydrogens is 324 g/mol. The van der Waals surface area contributed by atoms with E-state index >= 15 is 0 Å². The Bertz CT molecular complexity index is 828. The molecule has 1 aromatic heterocycles. The molecule has 8 heteroatoms. The number of fused-ring (bicyclic) bond motifs is 1. The Morgan fingerprint density at radius 3 is 2.52 bits per heavy atom. The highest BCUT2D eigenvalue weighted by Crippen LogP contribution is 2.34. The largest absolute Gasteiger partial charge is 0.482 e. The summed E-state index contributed by atoms with van der Waals surface area (Å²) in [6.45, 7) is 2.84. The maximum atomic E-state index is 12.7. The summed E-state index contributed by atoms with van der Waals surface area (Å²) < 4.78 is 13.3. The number of amides is 2. The number of carbonyl (C=O) groups is 2. The van der Waals surface area contributed by atoms with Crippen LogP contribution in [0.25, 0.3) is 0 Å². The predicted octanol–water partition coefficient (Wildman–Crippen LogP) is 0.594. The van der Waals surface area contributed by atoms with Gasteiger partial charge < -0.3 is 20.1 Å². The number of rotatable bonds is 3. The van der Waals surface area contributed by atoms with Crippen LogP contribution in [-0.2, 0) is 4.79 Å². The minimum absolute atomic E-state index is 0.0316. The van der Waals surface area contributed by atoms with Gasteiger partial charge in [-0.25, -0.2) is 0 Å². The predicted molar refractivity (Wildman–Crippen MR) is 87.3 cm³/mol. The molecule has 25 heavy (non-hydrogen) atoms. The summed E-state index contributed by atoms with van der Waals surface area (Å²) in [5.74, 6) is 0.601. The van der Waals surface area contributed by atoms with Gasteiger partial charge in [0.2, 0.25) is 6.10 Å². The monoisotopic (exact) mass is 342 g/mol. The lowest BCUT2D eigenvalue weighted by molar-refractivity contribution is -0.150. The maximum Gasteiger partial charge on any atom is 0.267 e. The number of hydrogen-bond donors (Lipinski definition) is 1. The van der Waals surface area contributed by atoms with E-state index in [0.29, 0.717) is 30.2 Å². The smallest absolute Gasteiger partial charge is 0.267 e. The van der Waals surface area contributed by atoms with Gasteiger partial charge in [-0.05, 0) is 19.1 Å². The molecule has 1 fully saturated rings. The lowest BCUT2D eigenvalue weighted by atomic mass is 10.1. The first-order chi connectivity index (χ1) is 12.0. The molecule has 0 aliphatic carbocycles. The van der Waals surface area contributed by atoms with Crippen LogP contribution in [-0.4, -0.2) is 51.8 Å². The second kappa shape index (κ2) is 5.80. The molecule has 0 bridgehead atoms. The lowest BCUT2D eigenvalue weighted by Gasteiger charge is -2.42. The van der Waals surface area contributed by atoms with E-state index in [-0.39, 0.29) is 18.1 Å². The van der Waals surface area contributed by atoms with Gasteiger partial charge in [-0.1, -0.05) is 12.1 Å². The Kier molecular flexibility index (Phi) is 3.60. The van der Waals surface area contributed by atoms with E-state index in [2.05, 4.69) is 5.10 Å². The van der Waals surface area contributed by atoms with Crippen molar-refractivity contribution in [3.05, 3.63) is 42.2 Å². The van der Waals surface area contributed by atoms with Crippen LogP contribution in [0.15, 0.2) is 36.7 Å². The van der Waals surface area contributed by atoms with Crippen LogP contribution < -0.4 is 15.2 Å². The lowest BCUT2D eigenvalue weighted by Crippen LogP contribution is -2.58. The van der Waals surface area contributed by atoms with Crippen molar-refractivity contribution < 1.29 is 19.1 Å². The fourth-order valence-corrected chi connectivity index (χ4v) is 3.04. The van der Waals surface area contributed by atoms with Crippen molar-refractivity contribution in [2.24, 2.45) is 5.73 Å². The van der Waals surface area contributed by atoms with E-state index in [9.17, 15) is 9.59 Å². The Labute approximate surface area is 144 Å². The number of carbonyl (C=O) groups excluding carboxylic acids is 2. The molecule has 2 aromatic rings. The number of para-hydroxylation sites is 2. The van der Waals surface area contributed by atoms with Crippen LogP contribution in [0, 0.1) is 0 Å². The van der Waals surface area contributed by atoms with E-state index < -0.39 is 12.0 Å². The first-order valence-corrected chi connectivity index (χ1v) is 8.08. The summed E-state index contributed by atoms with van der Waals surface area (Å²) in [7, 11) is 0. The van der Waals surface area contributed by atoms with Gasteiger partial charge in [0.1, 0.15) is 6.10 Å². The van der Waals surface area contributed by atoms with Crippen LogP contribution in [0.1, 0.15) is 23.3 Å². The minimum atomic E-state index is -0.672. The molecule has 0 saturated carbocycles. The zero-order valence-electron chi connectivity index (χ0n) is 13.7. The van der Waals surface area contributed by atoms with E-state index in [1.165, 1.54) is 6.20 Å². The number of likely N-dealkylation sites (tertiary alicyclic amines) is 1. The maximum absolute atomic E-state index is 12.7. The summed E-state index contributed by atoms with van der Waals surface area (Å²) in [6.07, 6.45) is 2.00. The summed E-state index contributed by atoms with van der Waals surface area (Å²) >= 11 is 0. The topological polar surface area (TPSA) is 99.7 Å². The molecule has 130 valence electrons. The van der Waals surface area contributed by atoms with Gasteiger partial charge in [0, 0.05) is 19.3 Å². The van der Waals surface area contributed by atoms with E-state index in [0.717, 1.165) is 0 Å². The highest BCUT2D eigenvalue weighted by Gasteiger charge is 2.41. The second-order valence-corrected chi connectivity index (χ2v) is 6.28. The number of benzene rings is 1. The third kappa shape index (κ3) is 2.69. The molecular formula is C17H18N4O4. The Morgan fingerprint density at radius 1 is 1.20 bits per heavy atom. The van der Waals surface area contributed by atoms with Crippen molar-refractivity contribution in [2.45, 2.75) is 25.2 Å². The van der Waals surface area contributed by atoms with Crippen molar-refractivity contribution in [1.29, 1.82) is 0 Å². The third-order valence-corrected chi connectivity index (χ3v) is 4.52. The molecule has 1 saturated heterocycles. The Morgan fingerprint density at radius 2 is 1.88 bits per heavy atom. The normalized spacial score (nSPS) is 22.4. The van der Waals surface area contributed by atoms with Gasteiger partial charge in [-0.3, -0.25) is 14.3 Å². The molecule has 2 N–H and O–H groups in total. The van der Waals surface area contributed by atoms with Gasteiger partial charge in [0.15, 0.2) is 11.5 Å². The summed E-state index contributed by atoms with van der Waals surface area (Å²) in [4.78, 5) is 25.5. The number of aromatic nitrogens is 2. The molecule has 8 nitrogen and oxygen atoms in total. The van der Waals surface area contributed by atoms with Crippen LogP contribution in [0.2, 0.25) is 0 Å². The molecule has 2 unspecified atom stereocenters. The van der Waals surface area contributed by atoms with Gasteiger partial charge in [0.25, 0.3) is 11.8 Å². The average molecular weight is 342 g/mol. The van der Waals surface area contributed by atoms with Gasteiger partial charge in [0.05, 0.1) is 17.8 Å². The van der Waals surface area contributed by atoms with E-state index in [4.69, 9.17) is 15.2 Å². The average Bonchev–Trinajstić information content (AvgIpc) is 3.02. The van der Waals surface area contributed by atoms with Crippen molar-refractivity contribution in [1.82, 2.24) is 14.7 Å². The van der Waals surface area contributed by atoms with Crippen LogP contribution in [0.4, 0.5) is 0 Å². The molecule has 0 spiro atoms. The molecule has 3 heterocycles. The molecule has 1 aromatic carbocycles. The number of primary amides is 1. The quantitative estimate of drug-likeness (QED) is 0.880. The first-order valence-electron chi connectivity index (χ1n) is 8.08. The van der Waals surface area contributed by atoms with Crippen LogP contribution >= 0.6 is 0 Å². The Hall–Kier alpha value is -3.03. The third-order valence-electron chi connectivity index (χ3n) is 4.52. The Balaban J connectivity index is 1.40. The fourth-order valence-electron chi connectivity index (χ4n) is 3.04. The van der Waals surface area contributed by atoms with E-state index in [1.807, 2.05) is 25.1 Å². The zero-order chi connectivity index (χ0) is 17.6. The van der Waals surface area contributed by atoms with Crippen molar-refractivity contribution in [3.63, 3.8) is 0 Å². The molecule has 2 amide bonds. The summed E-state index contributed by atoms with van der Waals surface area (Å²) in [5, 5.41) is 4.13. The van der Waals surface area contributed by atoms with Gasteiger partial charge >= 0.3 is 0 Å². The molecule has 4 rings (SSSR count). The van der Waals surface area contributed by atoms with Crippen molar-refractivity contribution in [2.75, 3.05) is 13.1 Å². The van der Waals surface area contributed by atoms with Crippen molar-refractivity contribution >= 4 is 11.8 Å². The molecule has 2 aliphatic heterocycles. The highest BCUT2D eigenvalue weighted by atomic mass is 16.6. The number of ether oxygens (including phenoxy) is 2.